The van der Waals surface area contributed by atoms with Crippen molar-refractivity contribution in [1.82, 2.24) is 10.3 Å². The largest absolute Gasteiger partial charge is 0.352 e. The summed E-state index contributed by atoms with van der Waals surface area (Å²) in [6.07, 6.45) is 0. The predicted octanol–water partition coefficient (Wildman–Crippen LogP) is 4.70. The van der Waals surface area contributed by atoms with Gasteiger partial charge in [-0.05, 0) is 48.5 Å². The highest BCUT2D eigenvalue weighted by Crippen LogP contribution is 2.34. The van der Waals surface area contributed by atoms with Gasteiger partial charge < -0.3 is 10.3 Å². The quantitative estimate of drug-likeness (QED) is 0.631. The maximum atomic E-state index is 14.1. The van der Waals surface area contributed by atoms with Crippen LogP contribution < -0.4 is 5.32 Å². The Hall–Kier alpha value is -1.92. The molecular weight excluding hydrogens is 333 g/mol. The molecule has 1 heterocycles. The summed E-state index contributed by atoms with van der Waals surface area (Å²) in [5.74, 6) is -0.0795. The van der Waals surface area contributed by atoms with Gasteiger partial charge in [-0.15, -0.1) is 0 Å². The summed E-state index contributed by atoms with van der Waals surface area (Å²) in [7, 11) is 1.88. The van der Waals surface area contributed by atoms with Crippen molar-refractivity contribution in [3.05, 3.63) is 59.4 Å². The van der Waals surface area contributed by atoms with Crippen molar-refractivity contribution in [2.75, 3.05) is 19.3 Å². The first-order valence-electron chi connectivity index (χ1n) is 7.58. The summed E-state index contributed by atoms with van der Waals surface area (Å²) in [5, 5.41) is 3.60. The van der Waals surface area contributed by atoms with Gasteiger partial charge in [-0.25, -0.2) is 13.2 Å². The molecule has 0 radical (unpaired) electrons. The molecule has 0 unspecified atom stereocenters. The Balaban J connectivity index is 2.08. The zero-order chi connectivity index (χ0) is 17.1. The van der Waals surface area contributed by atoms with Crippen LogP contribution in [0.5, 0.6) is 0 Å². The number of rotatable bonds is 6. The molecule has 0 bridgehead atoms. The van der Waals surface area contributed by atoms with Crippen LogP contribution in [-0.4, -0.2) is 24.3 Å². The van der Waals surface area contributed by atoms with Gasteiger partial charge in [0.1, 0.15) is 17.5 Å². The van der Waals surface area contributed by atoms with E-state index in [0.717, 1.165) is 29.5 Å². The number of fused-ring (bicyclic) bond motifs is 1. The summed E-state index contributed by atoms with van der Waals surface area (Å²) in [6.45, 7) is 0.849. The Kier molecular flexibility index (Phi) is 5.16. The normalized spacial score (nSPS) is 11.3. The van der Waals surface area contributed by atoms with E-state index in [4.69, 9.17) is 0 Å². The van der Waals surface area contributed by atoms with E-state index in [9.17, 15) is 13.2 Å². The van der Waals surface area contributed by atoms with Crippen molar-refractivity contribution in [3.8, 4) is 11.3 Å². The lowest BCUT2D eigenvalue weighted by atomic mass is 10.1. The zero-order valence-electron chi connectivity index (χ0n) is 13.1. The molecule has 0 saturated carbocycles. The predicted molar refractivity (Wildman–Crippen MR) is 93.7 cm³/mol. The molecule has 0 amide bonds. The summed E-state index contributed by atoms with van der Waals surface area (Å²) in [5.41, 5.74) is 2.55. The standard InChI is InChI=1S/C18H17F3N2S/c1-22-6-7-24-10-15-14-8-13(20)9-16(21)18(14)23-17(15)11-2-4-12(19)5-3-11/h2-5,8-9,22-23H,6-7,10H2,1H3. The van der Waals surface area contributed by atoms with Gasteiger partial charge in [0.15, 0.2) is 0 Å². The number of benzene rings is 2. The van der Waals surface area contributed by atoms with Gasteiger partial charge in [-0.1, -0.05) is 0 Å². The van der Waals surface area contributed by atoms with Crippen LogP contribution in [0.2, 0.25) is 0 Å². The number of H-pyrrole nitrogens is 1. The molecule has 1 aromatic heterocycles. The smallest absolute Gasteiger partial charge is 0.150 e. The van der Waals surface area contributed by atoms with Gasteiger partial charge in [-0.2, -0.15) is 11.8 Å². The number of hydrogen-bond donors (Lipinski definition) is 2. The van der Waals surface area contributed by atoms with Crippen LogP contribution in [0.3, 0.4) is 0 Å². The highest BCUT2D eigenvalue weighted by atomic mass is 32.2. The fraction of sp³-hybridized carbons (Fsp3) is 0.222. The number of hydrogen-bond acceptors (Lipinski definition) is 2. The van der Waals surface area contributed by atoms with Gasteiger partial charge in [0.25, 0.3) is 0 Å². The summed E-state index contributed by atoms with van der Waals surface area (Å²) in [4.78, 5) is 3.04. The molecule has 0 aliphatic heterocycles. The van der Waals surface area contributed by atoms with Crippen molar-refractivity contribution >= 4 is 22.7 Å². The van der Waals surface area contributed by atoms with E-state index >= 15 is 0 Å². The highest BCUT2D eigenvalue weighted by Gasteiger charge is 2.17. The molecule has 6 heteroatoms. The Morgan fingerprint density at radius 3 is 2.50 bits per heavy atom. The van der Waals surface area contributed by atoms with Crippen LogP contribution in [0.25, 0.3) is 22.2 Å². The average molecular weight is 350 g/mol. The van der Waals surface area contributed by atoms with Crippen molar-refractivity contribution in [2.24, 2.45) is 0 Å². The number of aromatic nitrogens is 1. The first-order chi connectivity index (χ1) is 11.6. The summed E-state index contributed by atoms with van der Waals surface area (Å²) >= 11 is 1.67. The second-order valence-corrected chi connectivity index (χ2v) is 6.56. The van der Waals surface area contributed by atoms with Gasteiger partial charge in [0, 0.05) is 29.5 Å². The van der Waals surface area contributed by atoms with E-state index in [1.807, 2.05) is 7.05 Å². The first kappa shape index (κ1) is 16.9. The maximum Gasteiger partial charge on any atom is 0.150 e. The third kappa shape index (κ3) is 3.44. The molecule has 0 saturated heterocycles. The van der Waals surface area contributed by atoms with Gasteiger partial charge in [-0.3, -0.25) is 0 Å². The molecule has 0 atom stereocenters. The van der Waals surface area contributed by atoms with Crippen LogP contribution >= 0.6 is 11.8 Å². The minimum absolute atomic E-state index is 0.278. The lowest BCUT2D eigenvalue weighted by Gasteiger charge is -2.06. The molecule has 2 N–H and O–H groups in total. The van der Waals surface area contributed by atoms with Crippen LogP contribution in [0.1, 0.15) is 5.56 Å². The third-order valence-electron chi connectivity index (χ3n) is 3.81. The van der Waals surface area contributed by atoms with E-state index in [0.29, 0.717) is 16.8 Å². The van der Waals surface area contributed by atoms with Crippen LogP contribution in [0, 0.1) is 17.5 Å². The molecule has 126 valence electrons. The van der Waals surface area contributed by atoms with Gasteiger partial charge in [0.2, 0.25) is 0 Å². The Labute approximate surface area is 142 Å². The monoisotopic (exact) mass is 350 g/mol. The van der Waals surface area contributed by atoms with Crippen molar-refractivity contribution in [2.45, 2.75) is 5.75 Å². The molecule has 24 heavy (non-hydrogen) atoms. The molecule has 0 aliphatic rings. The van der Waals surface area contributed by atoms with Crippen LogP contribution in [0.4, 0.5) is 13.2 Å². The first-order valence-corrected chi connectivity index (χ1v) is 8.73. The second kappa shape index (κ2) is 7.32. The van der Waals surface area contributed by atoms with Crippen LogP contribution in [-0.2, 0) is 5.75 Å². The second-order valence-electron chi connectivity index (χ2n) is 5.45. The lowest BCUT2D eigenvalue weighted by molar-refractivity contribution is 0.591. The number of halogens is 3. The molecule has 0 fully saturated rings. The summed E-state index contributed by atoms with van der Waals surface area (Å²) < 4.78 is 41.0. The van der Waals surface area contributed by atoms with Crippen molar-refractivity contribution < 1.29 is 13.2 Å². The Morgan fingerprint density at radius 2 is 1.79 bits per heavy atom. The number of nitrogens with one attached hydrogen (secondary N) is 2. The SMILES string of the molecule is CNCCSCc1c(-c2ccc(F)cc2)[nH]c2c(F)cc(F)cc12. The highest BCUT2D eigenvalue weighted by molar-refractivity contribution is 7.98. The van der Waals surface area contributed by atoms with E-state index in [1.54, 1.807) is 23.9 Å². The number of aromatic amines is 1. The Bertz CT molecular complexity index is 844. The molecule has 2 nitrogen and oxygen atoms in total. The maximum absolute atomic E-state index is 14.1. The van der Waals surface area contributed by atoms with Gasteiger partial charge in [0.05, 0.1) is 11.2 Å². The molecule has 3 aromatic rings. The molecule has 3 rings (SSSR count). The molecule has 2 aromatic carbocycles. The number of thioether (sulfide) groups is 1. The van der Waals surface area contributed by atoms with Crippen molar-refractivity contribution in [1.29, 1.82) is 0 Å². The minimum Gasteiger partial charge on any atom is -0.352 e. The average Bonchev–Trinajstić information content (AvgIpc) is 2.91. The van der Waals surface area contributed by atoms with E-state index in [2.05, 4.69) is 10.3 Å². The Morgan fingerprint density at radius 1 is 1.04 bits per heavy atom. The van der Waals surface area contributed by atoms with E-state index < -0.39 is 11.6 Å². The molecule has 0 aliphatic carbocycles. The van der Waals surface area contributed by atoms with E-state index in [-0.39, 0.29) is 11.3 Å². The summed E-state index contributed by atoms with van der Waals surface area (Å²) in [6, 6.07) is 8.19. The van der Waals surface area contributed by atoms with Crippen molar-refractivity contribution in [3.63, 3.8) is 0 Å². The van der Waals surface area contributed by atoms with E-state index in [1.165, 1.54) is 18.2 Å². The molecule has 0 spiro atoms. The lowest BCUT2D eigenvalue weighted by Crippen LogP contribution is -2.09. The topological polar surface area (TPSA) is 27.8 Å². The third-order valence-corrected chi connectivity index (χ3v) is 4.79. The molecular formula is C18H17F3N2S. The van der Waals surface area contributed by atoms with Gasteiger partial charge >= 0.3 is 0 Å². The zero-order valence-corrected chi connectivity index (χ0v) is 13.9. The minimum atomic E-state index is -0.625. The van der Waals surface area contributed by atoms with Crippen LogP contribution in [0.15, 0.2) is 36.4 Å². The fourth-order valence-corrected chi connectivity index (χ4v) is 3.63. The fourth-order valence-electron chi connectivity index (χ4n) is 2.64.